The second kappa shape index (κ2) is 80.7. The molecule has 0 radical (unpaired) electrons. The predicted molar refractivity (Wildman–Crippen MR) is 442 cm³/mol. The summed E-state index contributed by atoms with van der Waals surface area (Å²) in [4.78, 5) is 73.2. The van der Waals surface area contributed by atoms with Crippen molar-refractivity contribution in [1.82, 2.24) is 0 Å². The van der Waals surface area contributed by atoms with Gasteiger partial charge >= 0.3 is 39.5 Å². The molecule has 0 aromatic heterocycles. The Morgan fingerprint density at radius 2 is 0.449 bits per heavy atom. The minimum Gasteiger partial charge on any atom is -0.462 e. The van der Waals surface area contributed by atoms with Crippen LogP contribution >= 0.6 is 15.6 Å². The number of phosphoric ester groups is 2. The molecule has 0 aliphatic carbocycles. The van der Waals surface area contributed by atoms with Gasteiger partial charge in [0.25, 0.3) is 0 Å². The van der Waals surface area contributed by atoms with Crippen molar-refractivity contribution in [3.8, 4) is 0 Å². The molecule has 0 amide bonds. The number of aliphatic hydroxyl groups excluding tert-OH is 1. The molecule has 0 aromatic carbocycles. The summed E-state index contributed by atoms with van der Waals surface area (Å²) in [5, 5.41) is 10.7. The third-order valence-corrected chi connectivity index (χ3v) is 23.0. The normalized spacial score (nSPS) is 14.0. The number of carbonyl (C=O) groups is 4. The average Bonchev–Trinajstić information content (AvgIpc) is 0.902. The molecule has 107 heavy (non-hydrogen) atoms. The molecule has 0 heterocycles. The molecular weight excluding hydrogens is 1390 g/mol. The highest BCUT2D eigenvalue weighted by Crippen LogP contribution is 2.45. The van der Waals surface area contributed by atoms with E-state index in [0.717, 1.165) is 95.8 Å². The first-order chi connectivity index (χ1) is 52.1. The van der Waals surface area contributed by atoms with Crippen molar-refractivity contribution in [1.29, 1.82) is 0 Å². The van der Waals surface area contributed by atoms with E-state index in [9.17, 15) is 43.2 Å². The molecule has 0 saturated heterocycles. The number of carbonyl (C=O) groups excluding carboxylic acids is 4. The Morgan fingerprint density at radius 3 is 0.664 bits per heavy atom. The maximum Gasteiger partial charge on any atom is 0.472 e. The zero-order chi connectivity index (χ0) is 78.3. The first kappa shape index (κ1) is 105. The van der Waals surface area contributed by atoms with E-state index in [1.807, 2.05) is 0 Å². The van der Waals surface area contributed by atoms with Crippen LogP contribution in [0.5, 0.6) is 0 Å². The number of aliphatic hydroxyl groups is 1. The SMILES string of the molecule is CCCCCCCCCCCCCCCCCCCCCCCCC(=O)O[C@H](COC(=O)CCCCCCCCCCCCCCCCCCCCCCC)COP(=O)(O)OC[C@@H](O)COP(=O)(O)OC[C@@H](COC(=O)CCCCCCCCCCCC)OC(=O)CCCCCCCCCCCCC(C)CC. The molecule has 0 rings (SSSR count). The summed E-state index contributed by atoms with van der Waals surface area (Å²) >= 11 is 0. The number of unbranched alkanes of at least 4 members (excludes halogenated alkanes) is 59. The summed E-state index contributed by atoms with van der Waals surface area (Å²) in [6.07, 6.45) is 75.1. The lowest BCUT2D eigenvalue weighted by molar-refractivity contribution is -0.161. The molecule has 0 spiro atoms. The monoisotopic (exact) mass is 1560 g/mol. The maximum atomic E-state index is 13.2. The Kier molecular flexibility index (Phi) is 79.2. The third kappa shape index (κ3) is 80.5. The van der Waals surface area contributed by atoms with Crippen molar-refractivity contribution in [2.75, 3.05) is 39.6 Å². The predicted octanol–water partition coefficient (Wildman–Crippen LogP) is 27.2. The van der Waals surface area contributed by atoms with E-state index in [0.29, 0.717) is 25.7 Å². The fourth-order valence-electron chi connectivity index (χ4n) is 13.8. The van der Waals surface area contributed by atoms with Gasteiger partial charge in [0, 0.05) is 25.7 Å². The molecule has 3 N–H and O–H groups in total. The molecule has 0 aliphatic heterocycles. The van der Waals surface area contributed by atoms with Gasteiger partial charge in [0.2, 0.25) is 0 Å². The van der Waals surface area contributed by atoms with Crippen LogP contribution in [0.3, 0.4) is 0 Å². The van der Waals surface area contributed by atoms with Crippen molar-refractivity contribution >= 4 is 39.5 Å². The third-order valence-electron chi connectivity index (χ3n) is 21.1. The first-order valence-electron chi connectivity index (χ1n) is 45.7. The Balaban J connectivity index is 5.20. The number of hydrogen-bond donors (Lipinski definition) is 3. The highest BCUT2D eigenvalue weighted by molar-refractivity contribution is 7.47. The summed E-state index contributed by atoms with van der Waals surface area (Å²) in [6, 6.07) is 0. The number of ether oxygens (including phenoxy) is 4. The van der Waals surface area contributed by atoms with Gasteiger partial charge in [0.1, 0.15) is 19.3 Å². The van der Waals surface area contributed by atoms with Crippen LogP contribution in [0.15, 0.2) is 0 Å². The summed E-state index contributed by atoms with van der Waals surface area (Å²) in [6.45, 7) is 7.38. The van der Waals surface area contributed by atoms with Gasteiger partial charge < -0.3 is 33.8 Å². The van der Waals surface area contributed by atoms with Gasteiger partial charge in [-0.15, -0.1) is 0 Å². The molecule has 6 atom stereocenters. The number of rotatable bonds is 88. The second-order valence-electron chi connectivity index (χ2n) is 31.9. The minimum atomic E-state index is -4.97. The van der Waals surface area contributed by atoms with Crippen LogP contribution in [0.4, 0.5) is 0 Å². The number of phosphoric acid groups is 2. The fourth-order valence-corrected chi connectivity index (χ4v) is 15.4. The zero-order valence-electron chi connectivity index (χ0n) is 70.3. The highest BCUT2D eigenvalue weighted by Gasteiger charge is 2.30. The van der Waals surface area contributed by atoms with E-state index >= 15 is 0 Å². The number of esters is 4. The van der Waals surface area contributed by atoms with Gasteiger partial charge in [-0.05, 0) is 31.6 Å². The fraction of sp³-hybridized carbons (Fsp3) is 0.955. The first-order valence-corrected chi connectivity index (χ1v) is 48.7. The largest absolute Gasteiger partial charge is 0.472 e. The summed E-state index contributed by atoms with van der Waals surface area (Å²) < 4.78 is 68.9. The zero-order valence-corrected chi connectivity index (χ0v) is 72.1. The standard InChI is InChI=1S/C88H172O17P2/c1-6-10-13-16-19-22-25-27-29-31-33-35-37-39-41-43-45-47-53-58-63-68-73-87(92)104-84(78-99-86(91)72-67-62-57-52-46-44-42-40-38-36-34-32-30-28-26-23-20-17-14-11-7-2)80-103-107(96,97)101-76-82(89)75-100-106(94,95)102-79-83(77-98-85(90)71-66-61-56-51-24-21-18-15-12-8-3)105-88(93)74-69-64-59-54-49-48-50-55-60-65-70-81(5)9-4/h81-84,89H,6-80H2,1-5H3,(H,94,95)(H,96,97)/t81?,82-,83+,84+/m0/s1. The van der Waals surface area contributed by atoms with Crippen molar-refractivity contribution in [3.05, 3.63) is 0 Å². The lowest BCUT2D eigenvalue weighted by atomic mass is 9.99. The topological polar surface area (TPSA) is 237 Å². The summed E-state index contributed by atoms with van der Waals surface area (Å²) in [5.74, 6) is -1.30. The van der Waals surface area contributed by atoms with E-state index in [1.54, 1.807) is 0 Å². The van der Waals surface area contributed by atoms with Crippen molar-refractivity contribution < 1.29 is 80.2 Å². The molecule has 0 aromatic rings. The minimum absolute atomic E-state index is 0.107. The molecule has 0 bridgehead atoms. The van der Waals surface area contributed by atoms with Crippen LogP contribution in [0.25, 0.3) is 0 Å². The molecule has 0 aliphatic rings. The van der Waals surface area contributed by atoms with Crippen molar-refractivity contribution in [3.63, 3.8) is 0 Å². The van der Waals surface area contributed by atoms with Crippen LogP contribution in [0.2, 0.25) is 0 Å². The Bertz CT molecular complexity index is 2030. The van der Waals surface area contributed by atoms with Gasteiger partial charge in [-0.1, -0.05) is 426 Å². The van der Waals surface area contributed by atoms with Gasteiger partial charge in [-0.25, -0.2) is 9.13 Å². The summed E-state index contributed by atoms with van der Waals surface area (Å²) in [7, 11) is -9.93. The van der Waals surface area contributed by atoms with Crippen LogP contribution in [-0.4, -0.2) is 96.7 Å². The van der Waals surface area contributed by atoms with Crippen LogP contribution < -0.4 is 0 Å². The Morgan fingerprint density at radius 1 is 0.262 bits per heavy atom. The molecule has 19 heteroatoms. The maximum absolute atomic E-state index is 13.2. The highest BCUT2D eigenvalue weighted by atomic mass is 31.2. The molecule has 0 saturated carbocycles. The van der Waals surface area contributed by atoms with E-state index in [1.165, 1.54) is 302 Å². The van der Waals surface area contributed by atoms with E-state index in [2.05, 4.69) is 34.6 Å². The van der Waals surface area contributed by atoms with Crippen LogP contribution in [-0.2, 0) is 65.4 Å². The average molecular weight is 1560 g/mol. The van der Waals surface area contributed by atoms with Gasteiger partial charge in [0.15, 0.2) is 12.2 Å². The lowest BCUT2D eigenvalue weighted by Crippen LogP contribution is -2.30. The van der Waals surface area contributed by atoms with Crippen LogP contribution in [0.1, 0.15) is 478 Å². The molecule has 3 unspecified atom stereocenters. The lowest BCUT2D eigenvalue weighted by Gasteiger charge is -2.21. The number of hydrogen-bond acceptors (Lipinski definition) is 15. The summed E-state index contributed by atoms with van der Waals surface area (Å²) in [5.41, 5.74) is 0. The Labute approximate surface area is 658 Å². The molecule has 17 nitrogen and oxygen atoms in total. The van der Waals surface area contributed by atoms with Crippen molar-refractivity contribution in [2.24, 2.45) is 5.92 Å². The Hall–Kier alpha value is -1.94. The van der Waals surface area contributed by atoms with Gasteiger partial charge in [-0.2, -0.15) is 0 Å². The van der Waals surface area contributed by atoms with Gasteiger partial charge in [0.05, 0.1) is 26.4 Å². The second-order valence-corrected chi connectivity index (χ2v) is 34.8. The smallest absolute Gasteiger partial charge is 0.462 e. The quantitative estimate of drug-likeness (QED) is 0.0222. The van der Waals surface area contributed by atoms with E-state index in [-0.39, 0.29) is 25.7 Å². The molecular formula is C88H172O17P2. The molecule has 636 valence electrons. The van der Waals surface area contributed by atoms with Crippen molar-refractivity contribution in [2.45, 2.75) is 496 Å². The molecule has 0 fully saturated rings. The van der Waals surface area contributed by atoms with E-state index in [4.69, 9.17) is 37.0 Å². The van der Waals surface area contributed by atoms with Gasteiger partial charge in [-0.3, -0.25) is 37.3 Å². The van der Waals surface area contributed by atoms with Crippen LogP contribution in [0, 0.1) is 5.92 Å². The van der Waals surface area contributed by atoms with E-state index < -0.39 is 97.5 Å².